The number of aromatic hydroxyl groups is 1. The third-order valence-electron chi connectivity index (χ3n) is 5.83. The minimum atomic E-state index is 0.224. The normalized spacial score (nSPS) is 15.0. The quantitative estimate of drug-likeness (QED) is 0.460. The molecular weight excluding hydrogens is 376 g/mol. The second kappa shape index (κ2) is 7.35. The highest BCUT2D eigenvalue weighted by Gasteiger charge is 2.20. The molecule has 30 heavy (non-hydrogen) atoms. The highest BCUT2D eigenvalue weighted by Crippen LogP contribution is 2.29. The fraction of sp³-hybridized carbons (Fsp3) is 0.217. The predicted octanol–water partition coefficient (Wildman–Crippen LogP) is 2.52. The Morgan fingerprint density at radius 2 is 1.77 bits per heavy atom. The van der Waals surface area contributed by atoms with E-state index in [-0.39, 0.29) is 5.75 Å². The van der Waals surface area contributed by atoms with Gasteiger partial charge in [0.2, 0.25) is 0 Å². The Balaban J connectivity index is 1.52. The van der Waals surface area contributed by atoms with Crippen LogP contribution in [0.4, 0.5) is 11.5 Å². The number of H-pyrrole nitrogens is 1. The van der Waals surface area contributed by atoms with E-state index in [9.17, 15) is 5.11 Å². The Kier molecular flexibility index (Phi) is 4.52. The molecular formula is C23H25N6O+. The van der Waals surface area contributed by atoms with Crippen LogP contribution >= 0.6 is 0 Å². The molecule has 2 aromatic carbocycles. The second-order valence-electron chi connectivity index (χ2n) is 7.79. The Morgan fingerprint density at radius 1 is 1.00 bits per heavy atom. The van der Waals surface area contributed by atoms with Crippen LogP contribution in [-0.4, -0.2) is 53.3 Å². The molecule has 152 valence electrons. The van der Waals surface area contributed by atoms with Crippen LogP contribution < -0.4 is 15.1 Å². The number of benzene rings is 2. The maximum Gasteiger partial charge on any atom is 0.294 e. The maximum absolute atomic E-state index is 9.54. The van der Waals surface area contributed by atoms with Crippen molar-refractivity contribution in [3.05, 3.63) is 60.9 Å². The zero-order valence-electron chi connectivity index (χ0n) is 16.9. The Hall–Kier alpha value is -3.58. The number of nitrogens with zero attached hydrogens (tertiary/aromatic N) is 4. The number of nitrogens with one attached hydrogen (secondary N) is 1. The topological polar surface area (TPSA) is 85.5 Å². The lowest BCUT2D eigenvalue weighted by Crippen LogP contribution is -2.44. The third kappa shape index (κ3) is 3.23. The van der Waals surface area contributed by atoms with Gasteiger partial charge in [0, 0.05) is 38.1 Å². The molecule has 0 atom stereocenters. The molecule has 4 N–H and O–H groups in total. The number of phenols is 1. The number of nitrogens with two attached hydrogens (primary N) is 1. The predicted molar refractivity (Wildman–Crippen MR) is 118 cm³/mol. The number of hydrogen-bond acceptors (Lipinski definition) is 5. The lowest BCUT2D eigenvalue weighted by molar-refractivity contribution is -0.562. The van der Waals surface area contributed by atoms with Crippen molar-refractivity contribution in [3.8, 4) is 28.0 Å². The number of fused-ring (bicyclic) bond motifs is 1. The van der Waals surface area contributed by atoms with Gasteiger partial charge in [-0.05, 0) is 42.4 Å². The zero-order chi connectivity index (χ0) is 20.7. The SMILES string of the molecule is CN1CCN(c2cccc(-c3c[nH][n+]4c(N)c(-c5ccc(O)cc5)cnc34)c2)CC1. The van der Waals surface area contributed by atoms with E-state index in [2.05, 4.69) is 46.2 Å². The number of likely N-dealkylation sites (N-methyl/N-ethyl adjacent to an activating group) is 1. The second-order valence-corrected chi connectivity index (χ2v) is 7.79. The van der Waals surface area contributed by atoms with Gasteiger partial charge in [-0.2, -0.15) is 0 Å². The minimum Gasteiger partial charge on any atom is -0.508 e. The summed E-state index contributed by atoms with van der Waals surface area (Å²) in [6, 6.07) is 15.6. The van der Waals surface area contributed by atoms with E-state index in [0.717, 1.165) is 54.1 Å². The smallest absolute Gasteiger partial charge is 0.294 e. The molecule has 7 nitrogen and oxygen atoms in total. The lowest BCUT2D eigenvalue weighted by Gasteiger charge is -2.34. The maximum atomic E-state index is 9.54. The molecule has 0 spiro atoms. The highest BCUT2D eigenvalue weighted by atomic mass is 16.3. The van der Waals surface area contributed by atoms with Gasteiger partial charge in [0.05, 0.1) is 11.1 Å². The number of hydrogen-bond donors (Lipinski definition) is 3. The average molecular weight is 401 g/mol. The van der Waals surface area contributed by atoms with Crippen molar-refractivity contribution in [1.29, 1.82) is 0 Å². The van der Waals surface area contributed by atoms with E-state index in [4.69, 9.17) is 10.7 Å². The Bertz CT molecular complexity index is 1190. The van der Waals surface area contributed by atoms with Crippen LogP contribution in [0.25, 0.3) is 27.9 Å². The fourth-order valence-corrected chi connectivity index (χ4v) is 4.01. The van der Waals surface area contributed by atoms with E-state index in [0.29, 0.717) is 5.82 Å². The van der Waals surface area contributed by atoms with Crippen LogP contribution in [0.15, 0.2) is 60.9 Å². The van der Waals surface area contributed by atoms with Gasteiger partial charge in [0.15, 0.2) is 0 Å². The summed E-state index contributed by atoms with van der Waals surface area (Å²) >= 11 is 0. The third-order valence-corrected chi connectivity index (χ3v) is 5.83. The molecule has 0 radical (unpaired) electrons. The summed E-state index contributed by atoms with van der Waals surface area (Å²) in [6.45, 7) is 4.21. The zero-order valence-corrected chi connectivity index (χ0v) is 16.9. The van der Waals surface area contributed by atoms with Crippen LogP contribution in [0.3, 0.4) is 0 Å². The molecule has 0 aliphatic carbocycles. The van der Waals surface area contributed by atoms with Crippen molar-refractivity contribution in [2.45, 2.75) is 0 Å². The molecule has 1 aliphatic heterocycles. The first-order valence-corrected chi connectivity index (χ1v) is 10.1. The van der Waals surface area contributed by atoms with Crippen molar-refractivity contribution in [2.75, 3.05) is 43.9 Å². The Labute approximate surface area is 175 Å². The number of anilines is 2. The first-order chi connectivity index (χ1) is 14.6. The van der Waals surface area contributed by atoms with Crippen LogP contribution in [0.2, 0.25) is 0 Å². The number of aromatic amines is 1. The van der Waals surface area contributed by atoms with E-state index in [1.165, 1.54) is 5.69 Å². The average Bonchev–Trinajstić information content (AvgIpc) is 3.21. The molecule has 5 rings (SSSR count). The van der Waals surface area contributed by atoms with Gasteiger partial charge in [-0.3, -0.25) is 5.10 Å². The summed E-state index contributed by atoms with van der Waals surface area (Å²) in [5.74, 6) is 0.800. The molecule has 1 fully saturated rings. The van der Waals surface area contributed by atoms with E-state index in [1.807, 2.05) is 18.3 Å². The number of aromatic nitrogens is 3. The molecule has 1 aliphatic rings. The largest absolute Gasteiger partial charge is 0.508 e. The van der Waals surface area contributed by atoms with Gasteiger partial charge in [-0.15, -0.1) is 9.50 Å². The molecule has 2 aromatic heterocycles. The Morgan fingerprint density at radius 3 is 2.53 bits per heavy atom. The van der Waals surface area contributed by atoms with Gasteiger partial charge in [-0.1, -0.05) is 24.3 Å². The van der Waals surface area contributed by atoms with Crippen LogP contribution in [0.1, 0.15) is 0 Å². The monoisotopic (exact) mass is 401 g/mol. The summed E-state index contributed by atoms with van der Waals surface area (Å²) < 4.78 is 1.81. The molecule has 3 heterocycles. The highest BCUT2D eigenvalue weighted by molar-refractivity contribution is 5.79. The van der Waals surface area contributed by atoms with Gasteiger partial charge >= 0.3 is 0 Å². The molecule has 0 saturated carbocycles. The molecule has 0 unspecified atom stereocenters. The van der Waals surface area contributed by atoms with Crippen molar-refractivity contribution < 1.29 is 9.62 Å². The van der Waals surface area contributed by atoms with E-state index in [1.54, 1.807) is 22.8 Å². The summed E-state index contributed by atoms with van der Waals surface area (Å²) in [4.78, 5) is 9.48. The van der Waals surface area contributed by atoms with Gasteiger partial charge < -0.3 is 20.6 Å². The molecule has 0 amide bonds. The molecule has 7 heteroatoms. The van der Waals surface area contributed by atoms with Gasteiger partial charge in [-0.25, -0.2) is 0 Å². The van der Waals surface area contributed by atoms with E-state index >= 15 is 0 Å². The standard InChI is InChI=1S/C23H24N6O/c1-27-9-11-28(12-10-27)18-4-2-3-17(13-18)21-15-26-29-22(24)20(14-25-23(21)29)16-5-7-19(30)8-6-16/h2-8,13-15H,9-12H2,1H3,(H3,24,25,26,30)/p+1. The summed E-state index contributed by atoms with van der Waals surface area (Å²) in [5.41, 5.74) is 12.3. The number of phenolic OH excluding ortho intramolecular Hbond substituents is 1. The summed E-state index contributed by atoms with van der Waals surface area (Å²) in [5, 5.41) is 12.8. The van der Waals surface area contributed by atoms with Crippen molar-refractivity contribution in [3.63, 3.8) is 0 Å². The molecule has 4 aromatic rings. The lowest BCUT2D eigenvalue weighted by atomic mass is 10.1. The summed E-state index contributed by atoms with van der Waals surface area (Å²) in [7, 11) is 2.17. The van der Waals surface area contributed by atoms with Crippen LogP contribution in [-0.2, 0) is 0 Å². The van der Waals surface area contributed by atoms with Crippen molar-refractivity contribution in [1.82, 2.24) is 15.0 Å². The first kappa shape index (κ1) is 18.4. The van der Waals surface area contributed by atoms with Gasteiger partial charge in [0.1, 0.15) is 11.9 Å². The van der Waals surface area contributed by atoms with E-state index < -0.39 is 0 Å². The molecule has 0 bridgehead atoms. The number of piperazine rings is 1. The van der Waals surface area contributed by atoms with Crippen molar-refractivity contribution >= 4 is 17.2 Å². The number of rotatable bonds is 3. The summed E-state index contributed by atoms with van der Waals surface area (Å²) in [6.07, 6.45) is 3.74. The van der Waals surface area contributed by atoms with Crippen LogP contribution in [0.5, 0.6) is 5.75 Å². The first-order valence-electron chi connectivity index (χ1n) is 10.1. The minimum absolute atomic E-state index is 0.224. The van der Waals surface area contributed by atoms with Crippen molar-refractivity contribution in [2.24, 2.45) is 0 Å². The van der Waals surface area contributed by atoms with Gasteiger partial charge in [0.25, 0.3) is 11.5 Å². The van der Waals surface area contributed by atoms with Crippen LogP contribution in [0, 0.1) is 0 Å². The fourth-order valence-electron chi connectivity index (χ4n) is 4.01. The number of nitrogen functional groups attached to an aromatic ring is 1. The molecule has 1 saturated heterocycles.